The molecule has 0 spiro atoms. The molecule has 0 aromatic rings. The van der Waals surface area contributed by atoms with Crippen LogP contribution in [0.25, 0.3) is 0 Å². The van der Waals surface area contributed by atoms with Crippen molar-refractivity contribution >= 4 is 5.97 Å². The van der Waals surface area contributed by atoms with Gasteiger partial charge >= 0.3 is 5.97 Å². The highest BCUT2D eigenvalue weighted by Crippen LogP contribution is 2.15. The summed E-state index contributed by atoms with van der Waals surface area (Å²) in [6.07, 6.45) is 2.53. The third-order valence-electron chi connectivity index (χ3n) is 3.61. The average Bonchev–Trinajstić information content (AvgIpc) is 2.72. The van der Waals surface area contributed by atoms with Gasteiger partial charge in [0.15, 0.2) is 0 Å². The Morgan fingerprint density at radius 1 is 1.61 bits per heavy atom. The Kier molecular flexibility index (Phi) is 6.60. The van der Waals surface area contributed by atoms with Gasteiger partial charge in [0.1, 0.15) is 6.04 Å². The zero-order chi connectivity index (χ0) is 13.5. The third kappa shape index (κ3) is 4.55. The summed E-state index contributed by atoms with van der Waals surface area (Å²) < 4.78 is 5.05. The summed E-state index contributed by atoms with van der Waals surface area (Å²) in [5.74, 6) is -0.161. The van der Waals surface area contributed by atoms with Gasteiger partial charge in [-0.15, -0.1) is 0 Å². The van der Waals surface area contributed by atoms with Crippen LogP contribution in [-0.2, 0) is 9.53 Å². The van der Waals surface area contributed by atoms with E-state index < -0.39 is 0 Å². The molecule has 18 heavy (non-hydrogen) atoms. The van der Waals surface area contributed by atoms with Gasteiger partial charge in [-0.25, -0.2) is 0 Å². The first-order valence-electron chi connectivity index (χ1n) is 6.81. The fourth-order valence-electron chi connectivity index (χ4n) is 2.48. The first-order chi connectivity index (χ1) is 8.58. The normalized spacial score (nSPS) is 22.4. The van der Waals surface area contributed by atoms with E-state index in [4.69, 9.17) is 4.74 Å². The molecule has 2 unspecified atom stereocenters. The Balaban J connectivity index is 2.36. The second kappa shape index (κ2) is 7.71. The largest absolute Gasteiger partial charge is 0.465 e. The highest BCUT2D eigenvalue weighted by Gasteiger charge is 2.25. The Labute approximate surface area is 110 Å². The lowest BCUT2D eigenvalue weighted by atomic mass is 10.2. The quantitative estimate of drug-likeness (QED) is 0.658. The second-order valence-electron chi connectivity index (χ2n) is 5.09. The average molecular weight is 257 g/mol. The molecule has 1 heterocycles. The number of hydrogen-bond donors (Lipinski definition) is 1. The Hall–Kier alpha value is -0.650. The first kappa shape index (κ1) is 15.4. The number of likely N-dealkylation sites (tertiary alicyclic amines) is 1. The summed E-state index contributed by atoms with van der Waals surface area (Å²) in [4.78, 5) is 16.3. The smallest absolute Gasteiger partial charge is 0.324 e. The van der Waals surface area contributed by atoms with Crippen LogP contribution in [0.2, 0.25) is 0 Å². The van der Waals surface area contributed by atoms with E-state index in [1.807, 2.05) is 6.92 Å². The number of esters is 1. The van der Waals surface area contributed by atoms with Crippen molar-refractivity contribution in [2.45, 2.75) is 31.8 Å². The van der Waals surface area contributed by atoms with Crippen molar-refractivity contribution in [2.24, 2.45) is 0 Å². The van der Waals surface area contributed by atoms with Crippen molar-refractivity contribution in [3.05, 3.63) is 0 Å². The molecule has 0 radical (unpaired) electrons. The molecule has 0 aliphatic carbocycles. The molecule has 1 N–H and O–H groups in total. The number of nitrogens with zero attached hydrogens (tertiary/aromatic N) is 2. The van der Waals surface area contributed by atoms with E-state index in [0.717, 1.165) is 6.54 Å². The molecule has 0 saturated carbocycles. The molecule has 106 valence electrons. The molecule has 5 nitrogen and oxygen atoms in total. The van der Waals surface area contributed by atoms with Crippen LogP contribution in [0, 0.1) is 0 Å². The Bertz CT molecular complexity index is 261. The van der Waals surface area contributed by atoms with Crippen LogP contribution in [0.1, 0.15) is 19.8 Å². The molecular weight excluding hydrogens is 230 g/mol. The van der Waals surface area contributed by atoms with Crippen molar-refractivity contribution < 1.29 is 9.53 Å². The molecule has 0 amide bonds. The zero-order valence-corrected chi connectivity index (χ0v) is 12.1. The van der Waals surface area contributed by atoms with Crippen LogP contribution in [0.5, 0.6) is 0 Å². The molecule has 1 fully saturated rings. The molecule has 1 aliphatic rings. The lowest BCUT2D eigenvalue weighted by Gasteiger charge is -2.28. The van der Waals surface area contributed by atoms with Crippen LogP contribution in [0.4, 0.5) is 0 Å². The van der Waals surface area contributed by atoms with Gasteiger partial charge in [-0.2, -0.15) is 0 Å². The second-order valence-corrected chi connectivity index (χ2v) is 5.09. The third-order valence-corrected chi connectivity index (χ3v) is 3.61. The van der Waals surface area contributed by atoms with Crippen molar-refractivity contribution in [1.29, 1.82) is 0 Å². The van der Waals surface area contributed by atoms with E-state index in [0.29, 0.717) is 19.2 Å². The van der Waals surface area contributed by atoms with Crippen LogP contribution in [0.15, 0.2) is 0 Å². The topological polar surface area (TPSA) is 44.8 Å². The number of hydrogen-bond acceptors (Lipinski definition) is 5. The molecule has 1 rings (SSSR count). The van der Waals surface area contributed by atoms with Gasteiger partial charge in [0.25, 0.3) is 0 Å². The first-order valence-corrected chi connectivity index (χ1v) is 6.81. The molecule has 0 bridgehead atoms. The van der Waals surface area contributed by atoms with Crippen molar-refractivity contribution in [2.75, 3.05) is 47.4 Å². The van der Waals surface area contributed by atoms with Gasteiger partial charge in [0, 0.05) is 19.1 Å². The van der Waals surface area contributed by atoms with E-state index in [2.05, 4.69) is 29.2 Å². The molecular formula is C13H27N3O2. The van der Waals surface area contributed by atoms with Crippen LogP contribution >= 0.6 is 0 Å². The molecule has 0 aromatic carbocycles. The summed E-state index contributed by atoms with van der Waals surface area (Å²) in [7, 11) is 6.04. The van der Waals surface area contributed by atoms with Crippen LogP contribution < -0.4 is 5.32 Å². The number of nitrogens with one attached hydrogen (secondary N) is 1. The van der Waals surface area contributed by atoms with Gasteiger partial charge in [-0.05, 0) is 47.5 Å². The fraction of sp³-hybridized carbons (Fsp3) is 0.923. The van der Waals surface area contributed by atoms with Gasteiger partial charge in [0.2, 0.25) is 0 Å². The predicted octanol–water partition coefficient (Wildman–Crippen LogP) is 0.164. The van der Waals surface area contributed by atoms with Crippen molar-refractivity contribution in [3.63, 3.8) is 0 Å². The SMILES string of the molecule is CCOC(=O)C(CN(C)CC1CCCN1C)NC. The fourth-order valence-corrected chi connectivity index (χ4v) is 2.48. The zero-order valence-electron chi connectivity index (χ0n) is 12.1. The maximum absolute atomic E-state index is 11.7. The summed E-state index contributed by atoms with van der Waals surface area (Å²) in [5.41, 5.74) is 0. The molecule has 5 heteroatoms. The maximum atomic E-state index is 11.7. The van der Waals surface area contributed by atoms with Gasteiger partial charge in [-0.1, -0.05) is 0 Å². The molecule has 1 aliphatic heterocycles. The van der Waals surface area contributed by atoms with E-state index >= 15 is 0 Å². The van der Waals surface area contributed by atoms with Crippen molar-refractivity contribution in [3.8, 4) is 0 Å². The summed E-state index contributed by atoms with van der Waals surface area (Å²) in [5, 5.41) is 3.02. The van der Waals surface area contributed by atoms with E-state index in [-0.39, 0.29) is 12.0 Å². The number of likely N-dealkylation sites (N-methyl/N-ethyl adjacent to an activating group) is 3. The van der Waals surface area contributed by atoms with Crippen LogP contribution in [0.3, 0.4) is 0 Å². The van der Waals surface area contributed by atoms with Crippen LogP contribution in [-0.4, -0.2) is 75.2 Å². The molecule has 0 aromatic heterocycles. The van der Waals surface area contributed by atoms with E-state index in [1.165, 1.54) is 19.4 Å². The monoisotopic (exact) mass is 257 g/mol. The number of ether oxygens (including phenoxy) is 1. The summed E-state index contributed by atoms with van der Waals surface area (Å²) in [6.45, 7) is 5.16. The number of rotatable bonds is 7. The summed E-state index contributed by atoms with van der Waals surface area (Å²) >= 11 is 0. The standard InChI is InChI=1S/C13H27N3O2/c1-5-18-13(17)12(14-2)10-15(3)9-11-7-6-8-16(11)4/h11-12,14H,5-10H2,1-4H3. The minimum atomic E-state index is -0.235. The van der Waals surface area contributed by atoms with E-state index in [9.17, 15) is 4.79 Å². The number of carbonyl (C=O) groups excluding carboxylic acids is 1. The Morgan fingerprint density at radius 3 is 2.83 bits per heavy atom. The lowest BCUT2D eigenvalue weighted by Crippen LogP contribution is -2.47. The summed E-state index contributed by atoms with van der Waals surface area (Å²) in [6, 6.07) is 0.386. The van der Waals surface area contributed by atoms with Gasteiger partial charge in [-0.3, -0.25) is 4.79 Å². The highest BCUT2D eigenvalue weighted by atomic mass is 16.5. The molecule has 1 saturated heterocycles. The molecule has 2 atom stereocenters. The van der Waals surface area contributed by atoms with E-state index in [1.54, 1.807) is 7.05 Å². The van der Waals surface area contributed by atoms with Gasteiger partial charge < -0.3 is 19.9 Å². The minimum absolute atomic E-state index is 0.161. The highest BCUT2D eigenvalue weighted by molar-refractivity contribution is 5.76. The minimum Gasteiger partial charge on any atom is -0.465 e. The Morgan fingerprint density at radius 2 is 2.33 bits per heavy atom. The predicted molar refractivity (Wildman–Crippen MR) is 72.6 cm³/mol. The lowest BCUT2D eigenvalue weighted by molar-refractivity contribution is -0.146. The van der Waals surface area contributed by atoms with Crippen molar-refractivity contribution in [1.82, 2.24) is 15.1 Å². The number of carbonyl (C=O) groups is 1. The maximum Gasteiger partial charge on any atom is 0.324 e. The van der Waals surface area contributed by atoms with Gasteiger partial charge in [0.05, 0.1) is 6.61 Å².